The molecule has 1 aromatic carbocycles. The number of hydrogen-bond donors (Lipinski definition) is 1. The SMILES string of the molecule is COC(CCC(N)=O)(OC)c1cc(F)ccc1C. The number of carbonyl (C=O) groups excluding carboxylic acids is 1. The second kappa shape index (κ2) is 5.93. The molecule has 100 valence electrons. The van der Waals surface area contributed by atoms with Crippen LogP contribution < -0.4 is 5.73 Å². The summed E-state index contributed by atoms with van der Waals surface area (Å²) in [6.07, 6.45) is 0.331. The van der Waals surface area contributed by atoms with Crippen LogP contribution in [0.1, 0.15) is 24.0 Å². The van der Waals surface area contributed by atoms with Gasteiger partial charge in [-0.3, -0.25) is 4.79 Å². The van der Waals surface area contributed by atoms with Crippen molar-refractivity contribution < 1.29 is 18.7 Å². The summed E-state index contributed by atoms with van der Waals surface area (Å²) in [7, 11) is 2.91. The molecule has 18 heavy (non-hydrogen) atoms. The lowest BCUT2D eigenvalue weighted by atomic mass is 9.95. The van der Waals surface area contributed by atoms with E-state index in [0.717, 1.165) is 5.56 Å². The highest BCUT2D eigenvalue weighted by atomic mass is 19.1. The number of primary amides is 1. The number of amides is 1. The van der Waals surface area contributed by atoms with Gasteiger partial charge in [-0.1, -0.05) is 6.07 Å². The van der Waals surface area contributed by atoms with Crippen LogP contribution >= 0.6 is 0 Å². The van der Waals surface area contributed by atoms with Gasteiger partial charge in [-0.05, 0) is 24.6 Å². The molecule has 0 fully saturated rings. The third kappa shape index (κ3) is 3.05. The van der Waals surface area contributed by atoms with Crippen LogP contribution in [0.4, 0.5) is 4.39 Å². The van der Waals surface area contributed by atoms with Crippen molar-refractivity contribution in [3.05, 3.63) is 35.1 Å². The van der Waals surface area contributed by atoms with Gasteiger partial charge in [0.25, 0.3) is 0 Å². The number of nitrogens with two attached hydrogens (primary N) is 1. The van der Waals surface area contributed by atoms with E-state index in [1.165, 1.54) is 26.4 Å². The average Bonchev–Trinajstić information content (AvgIpc) is 2.35. The summed E-state index contributed by atoms with van der Waals surface area (Å²) in [5.41, 5.74) is 6.52. The number of halogens is 1. The molecule has 0 heterocycles. The molecule has 5 heteroatoms. The number of carbonyl (C=O) groups is 1. The summed E-state index contributed by atoms with van der Waals surface area (Å²) in [5.74, 6) is -1.99. The van der Waals surface area contributed by atoms with Crippen molar-refractivity contribution in [1.82, 2.24) is 0 Å². The predicted molar refractivity (Wildman–Crippen MR) is 65.3 cm³/mol. The number of methoxy groups -OCH3 is 2. The van der Waals surface area contributed by atoms with Crippen LogP contribution in [0.15, 0.2) is 18.2 Å². The summed E-state index contributed by atoms with van der Waals surface area (Å²) >= 11 is 0. The zero-order valence-corrected chi connectivity index (χ0v) is 10.8. The van der Waals surface area contributed by atoms with Crippen molar-refractivity contribution in [2.45, 2.75) is 25.6 Å². The highest BCUT2D eigenvalue weighted by Crippen LogP contribution is 2.33. The van der Waals surface area contributed by atoms with Crippen LogP contribution in [0.25, 0.3) is 0 Å². The zero-order valence-electron chi connectivity index (χ0n) is 10.8. The Morgan fingerprint density at radius 2 is 2.00 bits per heavy atom. The van der Waals surface area contributed by atoms with Gasteiger partial charge in [0.15, 0.2) is 5.79 Å². The predicted octanol–water partition coefficient (Wildman–Crippen LogP) is 1.85. The molecular formula is C13H18FNO3. The van der Waals surface area contributed by atoms with Gasteiger partial charge in [-0.25, -0.2) is 4.39 Å². The van der Waals surface area contributed by atoms with Crippen LogP contribution in [0, 0.1) is 12.7 Å². The molecule has 0 aliphatic rings. The standard InChI is InChI=1S/C13H18FNO3/c1-9-4-5-10(14)8-11(9)13(17-2,18-3)7-6-12(15)16/h4-5,8H,6-7H2,1-3H3,(H2,15,16). The smallest absolute Gasteiger partial charge is 0.217 e. The molecule has 0 unspecified atom stereocenters. The number of aryl methyl sites for hydroxylation is 1. The minimum absolute atomic E-state index is 0.0949. The Hall–Kier alpha value is -1.46. The lowest BCUT2D eigenvalue weighted by molar-refractivity contribution is -0.221. The third-order valence-electron chi connectivity index (χ3n) is 2.97. The van der Waals surface area contributed by atoms with Crippen LogP contribution in [-0.4, -0.2) is 20.1 Å². The largest absolute Gasteiger partial charge is 0.370 e. The molecule has 0 radical (unpaired) electrons. The average molecular weight is 255 g/mol. The third-order valence-corrected chi connectivity index (χ3v) is 2.97. The van der Waals surface area contributed by atoms with Crippen molar-refractivity contribution in [2.75, 3.05) is 14.2 Å². The number of ether oxygens (including phenoxy) is 2. The second-order valence-electron chi connectivity index (χ2n) is 4.09. The van der Waals surface area contributed by atoms with Gasteiger partial charge in [0.1, 0.15) is 5.82 Å². The molecule has 1 rings (SSSR count). The van der Waals surface area contributed by atoms with E-state index in [4.69, 9.17) is 15.2 Å². The Morgan fingerprint density at radius 3 is 2.50 bits per heavy atom. The van der Waals surface area contributed by atoms with Crippen molar-refractivity contribution in [1.29, 1.82) is 0 Å². The Kier molecular flexibility index (Phi) is 4.81. The van der Waals surface area contributed by atoms with Crippen LogP contribution in [0.3, 0.4) is 0 Å². The molecule has 0 saturated heterocycles. The first kappa shape index (κ1) is 14.6. The summed E-state index contributed by atoms with van der Waals surface area (Å²) in [6, 6.07) is 4.36. The Morgan fingerprint density at radius 1 is 1.39 bits per heavy atom. The first-order valence-corrected chi connectivity index (χ1v) is 5.60. The van der Waals surface area contributed by atoms with Crippen LogP contribution in [0.5, 0.6) is 0 Å². The molecule has 0 aromatic heterocycles. The molecule has 1 amide bonds. The monoisotopic (exact) mass is 255 g/mol. The Labute approximate surface area is 106 Å². The van der Waals surface area contributed by atoms with Crippen molar-refractivity contribution >= 4 is 5.91 Å². The maximum absolute atomic E-state index is 13.3. The molecule has 2 N–H and O–H groups in total. The fourth-order valence-electron chi connectivity index (χ4n) is 1.93. The Bertz CT molecular complexity index is 430. The maximum Gasteiger partial charge on any atom is 0.217 e. The van der Waals surface area contributed by atoms with Gasteiger partial charge in [0, 0.05) is 32.6 Å². The molecule has 1 aromatic rings. The number of benzene rings is 1. The van der Waals surface area contributed by atoms with E-state index in [1.54, 1.807) is 6.07 Å². The van der Waals surface area contributed by atoms with Crippen LogP contribution in [-0.2, 0) is 20.1 Å². The summed E-state index contributed by atoms with van der Waals surface area (Å²) < 4.78 is 24.1. The van der Waals surface area contributed by atoms with Crippen LogP contribution in [0.2, 0.25) is 0 Å². The maximum atomic E-state index is 13.3. The lowest BCUT2D eigenvalue weighted by Gasteiger charge is -2.32. The molecule has 0 bridgehead atoms. The van der Waals surface area contributed by atoms with Gasteiger partial charge in [-0.2, -0.15) is 0 Å². The van der Waals surface area contributed by atoms with E-state index in [0.29, 0.717) is 5.56 Å². The molecule has 0 aliphatic carbocycles. The Balaban J connectivity index is 3.16. The van der Waals surface area contributed by atoms with Crippen molar-refractivity contribution in [3.8, 4) is 0 Å². The van der Waals surface area contributed by atoms with Gasteiger partial charge >= 0.3 is 0 Å². The fraction of sp³-hybridized carbons (Fsp3) is 0.462. The first-order valence-electron chi connectivity index (χ1n) is 5.60. The van der Waals surface area contributed by atoms with E-state index >= 15 is 0 Å². The zero-order chi connectivity index (χ0) is 13.8. The minimum atomic E-state index is -1.15. The normalized spacial score (nSPS) is 11.6. The highest BCUT2D eigenvalue weighted by molar-refractivity contribution is 5.73. The van der Waals surface area contributed by atoms with Gasteiger partial charge in [-0.15, -0.1) is 0 Å². The van der Waals surface area contributed by atoms with Gasteiger partial charge in [0.05, 0.1) is 0 Å². The highest BCUT2D eigenvalue weighted by Gasteiger charge is 2.34. The summed E-state index contributed by atoms with van der Waals surface area (Å²) in [5, 5.41) is 0. The molecule has 4 nitrogen and oxygen atoms in total. The first-order chi connectivity index (χ1) is 8.45. The van der Waals surface area contributed by atoms with E-state index in [9.17, 15) is 9.18 Å². The van der Waals surface area contributed by atoms with E-state index in [-0.39, 0.29) is 18.7 Å². The van der Waals surface area contributed by atoms with Crippen molar-refractivity contribution in [3.63, 3.8) is 0 Å². The van der Waals surface area contributed by atoms with E-state index in [1.807, 2.05) is 6.92 Å². The molecule has 0 aliphatic heterocycles. The number of rotatable bonds is 6. The molecule has 0 atom stereocenters. The second-order valence-corrected chi connectivity index (χ2v) is 4.09. The minimum Gasteiger partial charge on any atom is -0.370 e. The van der Waals surface area contributed by atoms with Gasteiger partial charge < -0.3 is 15.2 Å². The summed E-state index contributed by atoms with van der Waals surface area (Å²) in [4.78, 5) is 10.9. The van der Waals surface area contributed by atoms with E-state index < -0.39 is 11.7 Å². The fourth-order valence-corrected chi connectivity index (χ4v) is 1.93. The molecular weight excluding hydrogens is 237 g/mol. The summed E-state index contributed by atoms with van der Waals surface area (Å²) in [6.45, 7) is 1.83. The quantitative estimate of drug-likeness (QED) is 0.789. The molecule has 0 spiro atoms. The lowest BCUT2D eigenvalue weighted by Crippen LogP contribution is -2.33. The van der Waals surface area contributed by atoms with Crippen molar-refractivity contribution in [2.24, 2.45) is 5.73 Å². The van der Waals surface area contributed by atoms with Gasteiger partial charge in [0.2, 0.25) is 5.91 Å². The molecule has 0 saturated carbocycles. The van der Waals surface area contributed by atoms with E-state index in [2.05, 4.69) is 0 Å². The topological polar surface area (TPSA) is 61.5 Å². The number of hydrogen-bond acceptors (Lipinski definition) is 3.